The monoisotopic (exact) mass is 164 g/mol. The highest BCUT2D eigenvalue weighted by Gasteiger charge is 2.07. The normalized spacial score (nSPS) is 20.4. The Morgan fingerprint density at radius 1 is 1.18 bits per heavy atom. The Balaban J connectivity index is 2.44. The Bertz CT molecular complexity index is 311. The van der Waals surface area contributed by atoms with E-state index in [2.05, 4.69) is 19.8 Å². The molecule has 2 rings (SSSR count). The molecule has 5 heteroatoms. The van der Waals surface area contributed by atoms with Crippen LogP contribution >= 0.6 is 11.9 Å². The molecular weight excluding hydrogens is 160 g/mol. The lowest BCUT2D eigenvalue weighted by molar-refractivity contribution is 1.06. The van der Waals surface area contributed by atoms with E-state index in [0.717, 1.165) is 11.4 Å². The third-order valence-electron chi connectivity index (χ3n) is 1.20. The molecule has 0 aromatic carbocycles. The molecule has 0 unspecified atom stereocenters. The summed E-state index contributed by atoms with van der Waals surface area (Å²) in [5.74, 6) is 0. The average molecular weight is 164 g/mol. The number of hydrogen-bond donors (Lipinski definition) is 0. The van der Waals surface area contributed by atoms with Crippen LogP contribution in [-0.2, 0) is 0 Å². The summed E-state index contributed by atoms with van der Waals surface area (Å²) in [5, 5.41) is 12.9. The van der Waals surface area contributed by atoms with Crippen LogP contribution in [0.3, 0.4) is 0 Å². The van der Waals surface area contributed by atoms with Gasteiger partial charge in [0.25, 0.3) is 0 Å². The van der Waals surface area contributed by atoms with E-state index in [0.29, 0.717) is 0 Å². The zero-order valence-corrected chi connectivity index (χ0v) is 6.32. The Morgan fingerprint density at radius 3 is 3.18 bits per heavy atom. The first-order valence-corrected chi connectivity index (χ1v) is 3.85. The smallest absolute Gasteiger partial charge is 0.114 e. The Hall–Kier alpha value is -1.23. The molecule has 2 aliphatic rings. The third kappa shape index (κ3) is 1.27. The molecule has 0 bridgehead atoms. The molecule has 0 radical (unpaired) electrons. The summed E-state index contributed by atoms with van der Waals surface area (Å²) in [5.41, 5.74) is 1.59. The molecule has 0 saturated heterocycles. The zero-order valence-electron chi connectivity index (χ0n) is 5.51. The summed E-state index contributed by atoms with van der Waals surface area (Å²) in [6, 6.07) is 0. The second kappa shape index (κ2) is 2.79. The van der Waals surface area contributed by atoms with Crippen LogP contribution in [0, 0.1) is 0 Å². The maximum absolute atomic E-state index is 4.12. The van der Waals surface area contributed by atoms with Gasteiger partial charge in [0.1, 0.15) is 11.4 Å². The molecular formula is C6H4N4S. The van der Waals surface area contributed by atoms with E-state index in [4.69, 9.17) is 0 Å². The Morgan fingerprint density at radius 2 is 2.18 bits per heavy atom. The van der Waals surface area contributed by atoms with Crippen molar-refractivity contribution in [1.82, 2.24) is 0 Å². The SMILES string of the molecule is C1=CC2=NSC=CC2=NN=N1. The maximum Gasteiger partial charge on any atom is 0.114 e. The van der Waals surface area contributed by atoms with Crippen molar-refractivity contribution in [2.24, 2.45) is 19.8 Å². The van der Waals surface area contributed by atoms with Gasteiger partial charge in [0.05, 0.1) is 6.20 Å². The van der Waals surface area contributed by atoms with Gasteiger partial charge >= 0.3 is 0 Å². The third-order valence-corrected chi connectivity index (χ3v) is 1.76. The molecule has 0 spiro atoms. The molecule has 0 aromatic rings. The van der Waals surface area contributed by atoms with Crippen LogP contribution < -0.4 is 0 Å². The van der Waals surface area contributed by atoms with Gasteiger partial charge in [-0.1, -0.05) is 0 Å². The van der Waals surface area contributed by atoms with Gasteiger partial charge in [-0.3, -0.25) is 0 Å². The van der Waals surface area contributed by atoms with Crippen molar-refractivity contribution < 1.29 is 0 Å². The Labute approximate surface area is 67.6 Å². The van der Waals surface area contributed by atoms with E-state index in [-0.39, 0.29) is 0 Å². The van der Waals surface area contributed by atoms with Crippen molar-refractivity contribution in [3.8, 4) is 0 Å². The van der Waals surface area contributed by atoms with Crippen molar-refractivity contribution in [3.63, 3.8) is 0 Å². The molecule has 0 amide bonds. The summed E-state index contributed by atoms with van der Waals surface area (Å²) < 4.78 is 4.12. The lowest BCUT2D eigenvalue weighted by Crippen LogP contribution is -2.08. The number of fused-ring (bicyclic) bond motifs is 1. The molecule has 2 aliphatic heterocycles. The van der Waals surface area contributed by atoms with Crippen molar-refractivity contribution in [1.29, 1.82) is 0 Å². The second-order valence-corrected chi connectivity index (χ2v) is 2.56. The van der Waals surface area contributed by atoms with Crippen LogP contribution in [0.4, 0.5) is 0 Å². The van der Waals surface area contributed by atoms with Crippen LogP contribution in [-0.4, -0.2) is 11.4 Å². The topological polar surface area (TPSA) is 49.4 Å². The Kier molecular flexibility index (Phi) is 1.64. The van der Waals surface area contributed by atoms with E-state index < -0.39 is 0 Å². The summed E-state index contributed by atoms with van der Waals surface area (Å²) in [6.45, 7) is 0. The minimum Gasteiger partial charge on any atom is -0.210 e. The first kappa shape index (κ1) is 6.48. The molecule has 0 fully saturated rings. The predicted molar refractivity (Wildman–Crippen MR) is 45.6 cm³/mol. The highest BCUT2D eigenvalue weighted by atomic mass is 32.2. The fourth-order valence-corrected chi connectivity index (χ4v) is 1.24. The predicted octanol–water partition coefficient (Wildman–Crippen LogP) is 1.94. The first-order chi connectivity index (χ1) is 5.47. The van der Waals surface area contributed by atoms with Crippen molar-refractivity contribution in [2.75, 3.05) is 0 Å². The molecule has 0 aliphatic carbocycles. The molecule has 4 nitrogen and oxygen atoms in total. The summed E-state index contributed by atoms with van der Waals surface area (Å²) in [4.78, 5) is 0. The van der Waals surface area contributed by atoms with Gasteiger partial charge in [-0.05, 0) is 22.8 Å². The molecule has 0 aromatic heterocycles. The quantitative estimate of drug-likeness (QED) is 0.505. The lowest BCUT2D eigenvalue weighted by Gasteiger charge is -2.00. The van der Waals surface area contributed by atoms with Gasteiger partial charge in [0.2, 0.25) is 0 Å². The average Bonchev–Trinajstić information content (AvgIpc) is 2.28. The van der Waals surface area contributed by atoms with Gasteiger partial charge in [-0.15, -0.1) is 10.2 Å². The van der Waals surface area contributed by atoms with Gasteiger partial charge < -0.3 is 0 Å². The fourth-order valence-electron chi connectivity index (χ4n) is 0.722. The first-order valence-electron chi connectivity index (χ1n) is 3.02. The molecule has 2 heterocycles. The summed E-state index contributed by atoms with van der Waals surface area (Å²) in [6.07, 6.45) is 5.22. The molecule has 0 saturated carbocycles. The summed E-state index contributed by atoms with van der Waals surface area (Å²) >= 11 is 1.38. The second-order valence-electron chi connectivity index (χ2n) is 1.89. The van der Waals surface area contributed by atoms with Crippen LogP contribution in [0.2, 0.25) is 0 Å². The minimum atomic E-state index is 0.765. The number of hydrogen-bond acceptors (Lipinski definition) is 5. The number of nitrogens with zero attached hydrogens (tertiary/aromatic N) is 4. The van der Waals surface area contributed by atoms with E-state index in [1.807, 2.05) is 11.5 Å². The molecule has 54 valence electrons. The largest absolute Gasteiger partial charge is 0.210 e. The van der Waals surface area contributed by atoms with Gasteiger partial charge in [-0.25, -0.2) is 4.40 Å². The van der Waals surface area contributed by atoms with E-state index in [1.165, 1.54) is 11.9 Å². The molecule has 0 N–H and O–H groups in total. The van der Waals surface area contributed by atoms with E-state index in [1.54, 1.807) is 12.3 Å². The van der Waals surface area contributed by atoms with Crippen LogP contribution in [0.25, 0.3) is 0 Å². The fraction of sp³-hybridized carbons (Fsp3) is 0. The molecule has 11 heavy (non-hydrogen) atoms. The highest BCUT2D eigenvalue weighted by Crippen LogP contribution is 2.13. The van der Waals surface area contributed by atoms with Crippen LogP contribution in [0.15, 0.2) is 43.6 Å². The zero-order chi connectivity index (χ0) is 7.52. The minimum absolute atomic E-state index is 0.765. The number of allylic oxidation sites excluding steroid dienone is 2. The number of rotatable bonds is 0. The van der Waals surface area contributed by atoms with Gasteiger partial charge in [-0.2, -0.15) is 0 Å². The van der Waals surface area contributed by atoms with E-state index >= 15 is 0 Å². The van der Waals surface area contributed by atoms with Crippen molar-refractivity contribution >= 4 is 23.4 Å². The summed E-state index contributed by atoms with van der Waals surface area (Å²) in [7, 11) is 0. The van der Waals surface area contributed by atoms with Crippen LogP contribution in [0.1, 0.15) is 0 Å². The highest BCUT2D eigenvalue weighted by molar-refractivity contribution is 8.01. The van der Waals surface area contributed by atoms with Crippen molar-refractivity contribution in [2.45, 2.75) is 0 Å². The molecule has 0 atom stereocenters. The van der Waals surface area contributed by atoms with Gasteiger partial charge in [0.15, 0.2) is 0 Å². The standard InChI is InChI=1S/C6H4N4S/c1-3-7-10-8-5-2-4-11-9-6(1)5/h1-4H. The van der Waals surface area contributed by atoms with Crippen molar-refractivity contribution in [3.05, 3.63) is 23.8 Å². The van der Waals surface area contributed by atoms with Crippen LogP contribution in [0.5, 0.6) is 0 Å². The lowest BCUT2D eigenvalue weighted by atomic mass is 10.2. The van der Waals surface area contributed by atoms with E-state index in [9.17, 15) is 0 Å². The van der Waals surface area contributed by atoms with Gasteiger partial charge in [0, 0.05) is 11.9 Å². The maximum atomic E-state index is 4.12.